The smallest absolute Gasteiger partial charge is 0.255 e. The number of nitrogens with two attached hydrogens (primary N) is 1. The number of rotatable bonds is 7. The van der Waals surface area contributed by atoms with Gasteiger partial charge in [0.15, 0.2) is 11.4 Å². The molecule has 3 aliphatic rings. The standard InChI is InChI=1S/C32H37FN4O7/c1-35(2)21-12-17(14-37(5)13-15-8-6-7-9-20(15)33)26(38)23-18(21)10-16-11-19-25(36(3)4)28(40)24(31(34)43)30(42)32(19,44)29(41)22(16)27(23)39/h6-9,12,16,19,25,38-39,42,44H,10-11,13-14H2,1-5H3,(H2,34,43)/t16-,19-,25-,32-/m0/s1. The van der Waals surface area contributed by atoms with E-state index in [9.17, 15) is 39.2 Å². The van der Waals surface area contributed by atoms with Gasteiger partial charge >= 0.3 is 0 Å². The van der Waals surface area contributed by atoms with Crippen molar-refractivity contribution in [2.24, 2.45) is 17.6 Å². The van der Waals surface area contributed by atoms with Gasteiger partial charge in [-0.2, -0.15) is 0 Å². The van der Waals surface area contributed by atoms with Crippen LogP contribution in [0.5, 0.6) is 5.75 Å². The Morgan fingerprint density at radius 2 is 1.68 bits per heavy atom. The van der Waals surface area contributed by atoms with Crippen molar-refractivity contribution >= 4 is 28.9 Å². The Morgan fingerprint density at radius 3 is 2.27 bits per heavy atom. The number of halogens is 1. The van der Waals surface area contributed by atoms with Crippen LogP contribution in [-0.2, 0) is 33.9 Å². The van der Waals surface area contributed by atoms with Crippen molar-refractivity contribution in [3.8, 4) is 5.75 Å². The van der Waals surface area contributed by atoms with Gasteiger partial charge in [-0.1, -0.05) is 18.2 Å². The number of Topliss-reactive ketones (excluding diaryl/α,β-unsaturated/α-hetero) is 2. The summed E-state index contributed by atoms with van der Waals surface area (Å²) in [4.78, 5) is 44.7. The normalized spacial score (nSPS) is 24.9. The molecule has 2 aromatic rings. The highest BCUT2D eigenvalue weighted by molar-refractivity contribution is 6.24. The zero-order valence-electron chi connectivity index (χ0n) is 25.3. The lowest BCUT2D eigenvalue weighted by atomic mass is 9.57. The molecular weight excluding hydrogens is 571 g/mol. The monoisotopic (exact) mass is 608 g/mol. The number of amides is 1. The summed E-state index contributed by atoms with van der Waals surface area (Å²) in [6.45, 7) is 0.403. The van der Waals surface area contributed by atoms with Gasteiger partial charge in [0.05, 0.1) is 11.6 Å². The fraction of sp³-hybridized carbons (Fsp3) is 0.406. The van der Waals surface area contributed by atoms with Crippen molar-refractivity contribution in [1.29, 1.82) is 0 Å². The maximum absolute atomic E-state index is 14.3. The fourth-order valence-corrected chi connectivity index (χ4v) is 7.13. The minimum absolute atomic E-state index is 0.00647. The lowest BCUT2D eigenvalue weighted by Crippen LogP contribution is -2.65. The average Bonchev–Trinajstić information content (AvgIpc) is 2.93. The lowest BCUT2D eigenvalue weighted by Gasteiger charge is -2.50. The average molecular weight is 609 g/mol. The van der Waals surface area contributed by atoms with Gasteiger partial charge in [-0.25, -0.2) is 4.39 Å². The second-order valence-electron chi connectivity index (χ2n) is 12.4. The van der Waals surface area contributed by atoms with E-state index in [0.717, 1.165) is 0 Å². The van der Waals surface area contributed by atoms with Crippen molar-refractivity contribution in [3.63, 3.8) is 0 Å². The van der Waals surface area contributed by atoms with E-state index in [2.05, 4.69) is 0 Å². The number of anilines is 1. The summed E-state index contributed by atoms with van der Waals surface area (Å²) in [7, 11) is 8.47. The lowest BCUT2D eigenvalue weighted by molar-refractivity contribution is -0.153. The van der Waals surface area contributed by atoms with Crippen LogP contribution in [0.3, 0.4) is 0 Å². The number of aromatic hydroxyl groups is 1. The molecule has 234 valence electrons. The number of phenolic OH excluding ortho intramolecular Hbond substituents is 1. The van der Waals surface area contributed by atoms with Crippen molar-refractivity contribution in [1.82, 2.24) is 9.80 Å². The second-order valence-corrected chi connectivity index (χ2v) is 12.4. The minimum Gasteiger partial charge on any atom is -0.508 e. The summed E-state index contributed by atoms with van der Waals surface area (Å²) >= 11 is 0. The predicted octanol–water partition coefficient (Wildman–Crippen LogP) is 1.80. The van der Waals surface area contributed by atoms with Gasteiger partial charge in [-0.05, 0) is 57.6 Å². The van der Waals surface area contributed by atoms with Crippen LogP contribution in [0.25, 0.3) is 5.76 Å². The van der Waals surface area contributed by atoms with E-state index in [4.69, 9.17) is 5.73 Å². The Hall–Kier alpha value is -4.26. The number of primary amides is 1. The zero-order valence-corrected chi connectivity index (χ0v) is 25.3. The number of hydrogen-bond acceptors (Lipinski definition) is 10. The fourth-order valence-electron chi connectivity index (χ4n) is 7.13. The molecule has 2 aromatic carbocycles. The molecule has 0 aliphatic heterocycles. The summed E-state index contributed by atoms with van der Waals surface area (Å²) in [5, 5.41) is 46.1. The molecule has 1 fully saturated rings. The first-order chi connectivity index (χ1) is 20.6. The van der Waals surface area contributed by atoms with Crippen LogP contribution in [0.1, 0.15) is 28.7 Å². The third-order valence-corrected chi connectivity index (χ3v) is 9.10. The van der Waals surface area contributed by atoms with Crippen LogP contribution >= 0.6 is 0 Å². The minimum atomic E-state index is -2.71. The van der Waals surface area contributed by atoms with Gasteiger partial charge in [0.1, 0.15) is 28.7 Å². The Bertz CT molecular complexity index is 1650. The van der Waals surface area contributed by atoms with E-state index in [1.54, 1.807) is 64.4 Å². The number of benzene rings is 2. The predicted molar refractivity (Wildman–Crippen MR) is 160 cm³/mol. The molecule has 1 saturated carbocycles. The molecular formula is C32H37FN4O7. The van der Waals surface area contributed by atoms with E-state index in [-0.39, 0.29) is 48.6 Å². The number of likely N-dealkylation sites (N-methyl/N-ethyl adjacent to an activating group) is 1. The summed E-state index contributed by atoms with van der Waals surface area (Å²) in [5.41, 5.74) is 3.75. The number of carbonyl (C=O) groups excluding carboxylic acids is 3. The van der Waals surface area contributed by atoms with Gasteiger partial charge in [0.25, 0.3) is 5.91 Å². The molecule has 0 aromatic heterocycles. The topological polar surface area (TPSA) is 168 Å². The van der Waals surface area contributed by atoms with Crippen molar-refractivity contribution in [2.75, 3.05) is 40.1 Å². The number of fused-ring (bicyclic) bond motifs is 3. The molecule has 6 N–H and O–H groups in total. The number of hydrogen-bond donors (Lipinski definition) is 5. The van der Waals surface area contributed by atoms with Crippen molar-refractivity contribution in [2.45, 2.75) is 37.6 Å². The maximum Gasteiger partial charge on any atom is 0.255 e. The molecule has 44 heavy (non-hydrogen) atoms. The van der Waals surface area contributed by atoms with E-state index < -0.39 is 58.0 Å². The van der Waals surface area contributed by atoms with E-state index in [1.165, 1.54) is 11.0 Å². The number of aliphatic hydroxyl groups is 3. The summed E-state index contributed by atoms with van der Waals surface area (Å²) in [6, 6.07) is 7.00. The first-order valence-corrected chi connectivity index (χ1v) is 14.2. The van der Waals surface area contributed by atoms with E-state index >= 15 is 0 Å². The molecule has 4 atom stereocenters. The van der Waals surface area contributed by atoms with Gasteiger partial charge in [-0.3, -0.25) is 24.2 Å². The zero-order chi connectivity index (χ0) is 32.4. The number of aliphatic hydroxyl groups excluding tert-OH is 2. The highest BCUT2D eigenvalue weighted by atomic mass is 19.1. The highest BCUT2D eigenvalue weighted by Crippen LogP contribution is 2.54. The summed E-state index contributed by atoms with van der Waals surface area (Å²) in [6.07, 6.45) is 0.188. The largest absolute Gasteiger partial charge is 0.508 e. The van der Waals surface area contributed by atoms with Gasteiger partial charge in [0, 0.05) is 55.5 Å². The number of nitrogens with zero attached hydrogens (tertiary/aromatic N) is 3. The molecule has 0 radical (unpaired) electrons. The first kappa shape index (κ1) is 31.2. The van der Waals surface area contributed by atoms with Gasteiger partial charge in [0.2, 0.25) is 5.78 Å². The molecule has 3 aliphatic carbocycles. The van der Waals surface area contributed by atoms with Crippen LogP contribution in [0.15, 0.2) is 47.2 Å². The van der Waals surface area contributed by atoms with Crippen LogP contribution in [0.4, 0.5) is 10.1 Å². The molecule has 0 spiro atoms. The number of carbonyl (C=O) groups is 3. The van der Waals surface area contributed by atoms with Gasteiger partial charge in [-0.15, -0.1) is 0 Å². The van der Waals surface area contributed by atoms with Crippen LogP contribution in [-0.4, -0.2) is 94.6 Å². The Labute approximate surface area is 254 Å². The SMILES string of the molecule is CN(Cc1ccccc1F)Cc1cc(N(C)C)c2c(c1O)C(O)=C1C(=O)[C@]3(O)C(O)=C(C(N)=O)C(=O)[C@@H](N(C)C)[C@@H]3C[C@@H]1C2. The summed E-state index contributed by atoms with van der Waals surface area (Å²) in [5.74, 6) is -7.30. The molecule has 12 heteroatoms. The van der Waals surface area contributed by atoms with E-state index in [0.29, 0.717) is 22.4 Å². The van der Waals surface area contributed by atoms with Crippen molar-refractivity contribution < 1.29 is 39.2 Å². The van der Waals surface area contributed by atoms with Crippen molar-refractivity contribution in [3.05, 3.63) is 75.3 Å². The van der Waals surface area contributed by atoms with Gasteiger partial charge < -0.3 is 31.1 Å². The molecule has 0 heterocycles. The van der Waals surface area contributed by atoms with Crippen LogP contribution < -0.4 is 10.6 Å². The van der Waals surface area contributed by atoms with Crippen LogP contribution in [0.2, 0.25) is 0 Å². The highest BCUT2D eigenvalue weighted by Gasteiger charge is 2.64. The molecule has 0 bridgehead atoms. The third kappa shape index (κ3) is 4.64. The maximum atomic E-state index is 14.3. The first-order valence-electron chi connectivity index (χ1n) is 14.2. The molecule has 11 nitrogen and oxygen atoms in total. The Balaban J connectivity index is 1.64. The summed E-state index contributed by atoms with van der Waals surface area (Å²) < 4.78 is 14.3. The molecule has 0 saturated heterocycles. The Kier molecular flexibility index (Phi) is 7.81. The number of phenols is 1. The quantitative estimate of drug-likeness (QED) is 0.293. The molecule has 1 amide bonds. The second kappa shape index (κ2) is 11.0. The molecule has 0 unspecified atom stereocenters. The Morgan fingerprint density at radius 1 is 1.05 bits per heavy atom. The third-order valence-electron chi connectivity index (χ3n) is 9.10. The number of ketones is 2. The van der Waals surface area contributed by atoms with E-state index in [1.807, 2.05) is 4.90 Å². The molecule has 5 rings (SSSR count). The van der Waals surface area contributed by atoms with Crippen LogP contribution in [0, 0.1) is 17.7 Å².